The summed E-state index contributed by atoms with van der Waals surface area (Å²) in [6.45, 7) is 1.01. The van der Waals surface area contributed by atoms with Gasteiger partial charge in [-0.1, -0.05) is 0 Å². The Morgan fingerprint density at radius 2 is 1.82 bits per heavy atom. The maximum atomic E-state index is 12.9. The van der Waals surface area contributed by atoms with Gasteiger partial charge in [0.25, 0.3) is 11.8 Å². The molecule has 170 valence electrons. The van der Waals surface area contributed by atoms with E-state index < -0.39 is 0 Å². The lowest BCUT2D eigenvalue weighted by atomic mass is 10.1. The molecule has 3 heterocycles. The van der Waals surface area contributed by atoms with E-state index >= 15 is 0 Å². The molecule has 0 bridgehead atoms. The largest absolute Gasteiger partial charge is 0.497 e. The van der Waals surface area contributed by atoms with Gasteiger partial charge < -0.3 is 9.47 Å². The van der Waals surface area contributed by atoms with E-state index in [0.717, 1.165) is 17.7 Å². The molecule has 1 aliphatic rings. The first-order valence-corrected chi connectivity index (χ1v) is 10.5. The lowest BCUT2D eigenvalue weighted by Crippen LogP contribution is -2.45. The maximum absolute atomic E-state index is 12.9. The monoisotopic (exact) mass is 447 g/mol. The number of carbonyl (C=O) groups is 2. The molecule has 0 spiro atoms. The summed E-state index contributed by atoms with van der Waals surface area (Å²) >= 11 is 0. The highest BCUT2D eigenvalue weighted by Gasteiger charge is 2.29. The van der Waals surface area contributed by atoms with Crippen LogP contribution in [0.15, 0.2) is 61.1 Å². The summed E-state index contributed by atoms with van der Waals surface area (Å²) in [5.41, 5.74) is 2.39. The van der Waals surface area contributed by atoms with Crippen molar-refractivity contribution in [1.82, 2.24) is 24.8 Å². The molecule has 0 radical (unpaired) electrons. The number of hydrogen-bond donors (Lipinski definition) is 0. The number of aromatic nitrogens is 3. The smallest absolute Gasteiger partial charge is 0.265 e. The highest BCUT2D eigenvalue weighted by atomic mass is 16.5. The van der Waals surface area contributed by atoms with Crippen LogP contribution in [0.3, 0.4) is 0 Å². The summed E-state index contributed by atoms with van der Waals surface area (Å²) in [6, 6.07) is 10.9. The van der Waals surface area contributed by atoms with Crippen molar-refractivity contribution in [1.29, 1.82) is 0 Å². The highest BCUT2D eigenvalue weighted by Crippen LogP contribution is 2.25. The molecule has 9 nitrogen and oxygen atoms in total. The van der Waals surface area contributed by atoms with Gasteiger partial charge >= 0.3 is 0 Å². The van der Waals surface area contributed by atoms with Crippen LogP contribution in [0, 0.1) is 0 Å². The Balaban J connectivity index is 1.43. The number of amides is 2. The number of carbonyl (C=O) groups excluding carboxylic acids is 2. The van der Waals surface area contributed by atoms with Gasteiger partial charge in [0.1, 0.15) is 18.0 Å². The number of rotatable bonds is 7. The SMILES string of the molecule is COc1ccc(OC)c(C=CC(=O)N2CCCN2C(=O)Cn2ccc(-c3ccncc3)n2)c1. The Morgan fingerprint density at radius 1 is 1.03 bits per heavy atom. The third-order valence-corrected chi connectivity index (χ3v) is 5.33. The van der Waals surface area contributed by atoms with E-state index in [2.05, 4.69) is 10.1 Å². The third kappa shape index (κ3) is 5.03. The molecule has 33 heavy (non-hydrogen) atoms. The van der Waals surface area contributed by atoms with E-state index in [1.165, 1.54) is 16.1 Å². The van der Waals surface area contributed by atoms with Gasteiger partial charge in [0, 0.05) is 48.9 Å². The summed E-state index contributed by atoms with van der Waals surface area (Å²) in [6.07, 6.45) is 8.97. The van der Waals surface area contributed by atoms with Crippen LogP contribution in [0.25, 0.3) is 17.3 Å². The Hall–Kier alpha value is -4.14. The molecule has 0 saturated carbocycles. The van der Waals surface area contributed by atoms with E-state index in [9.17, 15) is 9.59 Å². The lowest BCUT2D eigenvalue weighted by molar-refractivity contribution is -0.155. The van der Waals surface area contributed by atoms with Crippen molar-refractivity contribution < 1.29 is 19.1 Å². The zero-order valence-corrected chi connectivity index (χ0v) is 18.5. The van der Waals surface area contributed by atoms with Gasteiger partial charge in [-0.2, -0.15) is 5.10 Å². The summed E-state index contributed by atoms with van der Waals surface area (Å²) in [5.74, 6) is 0.811. The van der Waals surface area contributed by atoms with E-state index in [-0.39, 0.29) is 18.4 Å². The molecule has 3 aromatic rings. The first kappa shape index (κ1) is 22.1. The fraction of sp³-hybridized carbons (Fsp3) is 0.250. The van der Waals surface area contributed by atoms with Crippen LogP contribution in [0.5, 0.6) is 11.5 Å². The molecule has 0 atom stereocenters. The molecule has 9 heteroatoms. The molecule has 0 N–H and O–H groups in total. The van der Waals surface area contributed by atoms with Crippen LogP contribution >= 0.6 is 0 Å². The van der Waals surface area contributed by atoms with Gasteiger partial charge in [0.2, 0.25) is 0 Å². The molecule has 0 aliphatic carbocycles. The van der Waals surface area contributed by atoms with Gasteiger partial charge in [0.15, 0.2) is 0 Å². The van der Waals surface area contributed by atoms with Gasteiger partial charge in [-0.15, -0.1) is 0 Å². The molecule has 1 aromatic carbocycles. The second kappa shape index (κ2) is 9.99. The van der Waals surface area contributed by atoms with E-state index in [1.54, 1.807) is 61.8 Å². The molecular weight excluding hydrogens is 422 g/mol. The summed E-state index contributed by atoms with van der Waals surface area (Å²) < 4.78 is 12.2. The average molecular weight is 447 g/mol. The van der Waals surface area contributed by atoms with Crippen molar-refractivity contribution in [3.8, 4) is 22.8 Å². The zero-order valence-electron chi connectivity index (χ0n) is 18.5. The molecule has 1 saturated heterocycles. The molecule has 2 amide bonds. The summed E-state index contributed by atoms with van der Waals surface area (Å²) in [7, 11) is 3.14. The third-order valence-electron chi connectivity index (χ3n) is 5.33. The van der Waals surface area contributed by atoms with Crippen LogP contribution in [-0.2, 0) is 16.1 Å². The van der Waals surface area contributed by atoms with Gasteiger partial charge in [-0.3, -0.25) is 19.3 Å². The van der Waals surface area contributed by atoms with Gasteiger partial charge in [0.05, 0.1) is 19.9 Å². The van der Waals surface area contributed by atoms with Crippen molar-refractivity contribution in [2.75, 3.05) is 27.3 Å². The number of benzene rings is 1. The quantitative estimate of drug-likeness (QED) is 0.518. The van der Waals surface area contributed by atoms with Crippen molar-refractivity contribution >= 4 is 17.9 Å². The summed E-state index contributed by atoms with van der Waals surface area (Å²) in [4.78, 5) is 29.8. The predicted molar refractivity (Wildman–Crippen MR) is 122 cm³/mol. The minimum absolute atomic E-state index is 0.0439. The highest BCUT2D eigenvalue weighted by molar-refractivity contribution is 5.93. The molecule has 1 aliphatic heterocycles. The van der Waals surface area contributed by atoms with Crippen LogP contribution in [-0.4, -0.2) is 63.9 Å². The number of hydrazine groups is 1. The van der Waals surface area contributed by atoms with Gasteiger partial charge in [-0.25, -0.2) is 10.0 Å². The fourth-order valence-corrected chi connectivity index (χ4v) is 3.66. The second-order valence-corrected chi connectivity index (χ2v) is 7.41. The average Bonchev–Trinajstić information content (AvgIpc) is 3.53. The number of nitrogens with zero attached hydrogens (tertiary/aromatic N) is 5. The first-order chi connectivity index (χ1) is 16.1. The van der Waals surface area contributed by atoms with Crippen LogP contribution in [0.1, 0.15) is 12.0 Å². The molecule has 4 rings (SSSR count). The fourth-order valence-electron chi connectivity index (χ4n) is 3.66. The second-order valence-electron chi connectivity index (χ2n) is 7.41. The topological polar surface area (TPSA) is 89.8 Å². The number of hydrogen-bond acceptors (Lipinski definition) is 6. The molecular formula is C24H25N5O4. The van der Waals surface area contributed by atoms with Crippen LogP contribution in [0.4, 0.5) is 0 Å². The van der Waals surface area contributed by atoms with Crippen LogP contribution in [0.2, 0.25) is 0 Å². The van der Waals surface area contributed by atoms with Crippen molar-refractivity contribution in [2.24, 2.45) is 0 Å². The normalized spacial score (nSPS) is 13.5. The lowest BCUT2D eigenvalue weighted by Gasteiger charge is -2.26. The zero-order chi connectivity index (χ0) is 23.2. The Bertz CT molecular complexity index is 1160. The standard InChI is InChI=1S/C24H25N5O4/c1-32-20-5-6-22(33-2)19(16-20)4-7-23(30)28-13-3-14-29(28)24(31)17-27-15-10-21(26-27)18-8-11-25-12-9-18/h4-12,15-16H,3,13-14,17H2,1-2H3. The Kier molecular flexibility index (Phi) is 6.68. The van der Waals surface area contributed by atoms with Crippen molar-refractivity contribution in [3.63, 3.8) is 0 Å². The Morgan fingerprint density at radius 3 is 2.58 bits per heavy atom. The molecule has 0 unspecified atom stereocenters. The molecule has 1 fully saturated rings. The minimum atomic E-state index is -0.274. The number of pyridine rings is 1. The van der Waals surface area contributed by atoms with Crippen molar-refractivity contribution in [2.45, 2.75) is 13.0 Å². The minimum Gasteiger partial charge on any atom is -0.497 e. The van der Waals surface area contributed by atoms with Crippen LogP contribution < -0.4 is 9.47 Å². The van der Waals surface area contributed by atoms with E-state index in [1.807, 2.05) is 18.2 Å². The maximum Gasteiger partial charge on any atom is 0.265 e. The summed E-state index contributed by atoms with van der Waals surface area (Å²) in [5, 5.41) is 7.43. The first-order valence-electron chi connectivity index (χ1n) is 10.5. The van der Waals surface area contributed by atoms with E-state index in [4.69, 9.17) is 9.47 Å². The van der Waals surface area contributed by atoms with Crippen molar-refractivity contribution in [3.05, 3.63) is 66.6 Å². The van der Waals surface area contributed by atoms with Gasteiger partial charge in [-0.05, 0) is 48.9 Å². The number of methoxy groups -OCH3 is 2. The predicted octanol–water partition coefficient (Wildman–Crippen LogP) is 2.65. The van der Waals surface area contributed by atoms with E-state index in [0.29, 0.717) is 30.2 Å². The molecule has 2 aromatic heterocycles. The number of ether oxygens (including phenoxy) is 2. The Labute approximate surface area is 191 Å².